The number of aromatic nitrogens is 2. The van der Waals surface area contributed by atoms with E-state index in [1.54, 1.807) is 14.0 Å². The lowest BCUT2D eigenvalue weighted by atomic mass is 9.99. The Morgan fingerprint density at radius 2 is 2.39 bits per heavy atom. The van der Waals surface area contributed by atoms with Gasteiger partial charge < -0.3 is 9.84 Å². The van der Waals surface area contributed by atoms with Crippen molar-refractivity contribution >= 4 is 11.6 Å². The summed E-state index contributed by atoms with van der Waals surface area (Å²) in [7, 11) is 1.69. The molecule has 0 saturated carbocycles. The molecule has 18 heavy (non-hydrogen) atoms. The van der Waals surface area contributed by atoms with Gasteiger partial charge in [0.1, 0.15) is 5.76 Å². The lowest BCUT2D eigenvalue weighted by Crippen LogP contribution is -2.30. The Morgan fingerprint density at radius 3 is 3.11 bits per heavy atom. The van der Waals surface area contributed by atoms with Gasteiger partial charge in [-0.05, 0) is 31.1 Å². The van der Waals surface area contributed by atoms with Crippen molar-refractivity contribution in [3.8, 4) is 0 Å². The van der Waals surface area contributed by atoms with Gasteiger partial charge in [0.25, 0.3) is 0 Å². The Morgan fingerprint density at radius 1 is 1.56 bits per heavy atom. The van der Waals surface area contributed by atoms with E-state index in [0.29, 0.717) is 6.54 Å². The third kappa shape index (κ3) is 1.61. The zero-order valence-corrected chi connectivity index (χ0v) is 10.6. The molecule has 3 rings (SSSR count). The SMILES string of the molecule is COC1=C2C=c3c(cnn3C[C@@H](C)O)=C2CC=C1. The largest absolute Gasteiger partial charge is 0.496 e. The first kappa shape index (κ1) is 11.3. The summed E-state index contributed by atoms with van der Waals surface area (Å²) in [6.45, 7) is 2.28. The molecule has 1 atom stereocenters. The number of nitrogens with zero attached hydrogens (tertiary/aromatic N) is 2. The van der Waals surface area contributed by atoms with Crippen LogP contribution in [0.25, 0.3) is 11.6 Å². The molecule has 0 aliphatic heterocycles. The highest BCUT2D eigenvalue weighted by Gasteiger charge is 2.20. The molecule has 0 unspecified atom stereocenters. The van der Waals surface area contributed by atoms with Crippen LogP contribution in [0.1, 0.15) is 13.3 Å². The van der Waals surface area contributed by atoms with Crippen LogP contribution in [0.2, 0.25) is 0 Å². The molecular weight excluding hydrogens is 228 g/mol. The third-order valence-corrected chi connectivity index (χ3v) is 3.33. The van der Waals surface area contributed by atoms with Crippen LogP contribution in [-0.4, -0.2) is 28.1 Å². The van der Waals surface area contributed by atoms with E-state index in [4.69, 9.17) is 4.74 Å². The summed E-state index contributed by atoms with van der Waals surface area (Å²) in [6.07, 6.45) is 8.60. The number of rotatable bonds is 3. The van der Waals surface area contributed by atoms with Gasteiger partial charge in [-0.15, -0.1) is 0 Å². The standard InChI is InChI=1S/C14H16N2O2/c1-9(17)8-16-13-6-11-10(12(13)7-15-16)4-3-5-14(11)18-2/h3,5-7,9,17H,4,8H2,1-2H3/t9-/m1/s1. The first-order chi connectivity index (χ1) is 8.70. The topological polar surface area (TPSA) is 47.3 Å². The Labute approximate surface area is 105 Å². The van der Waals surface area contributed by atoms with E-state index in [1.165, 1.54) is 5.57 Å². The van der Waals surface area contributed by atoms with Crippen molar-refractivity contribution < 1.29 is 9.84 Å². The van der Waals surface area contributed by atoms with Crippen LogP contribution in [-0.2, 0) is 11.3 Å². The van der Waals surface area contributed by atoms with Crippen molar-refractivity contribution in [1.29, 1.82) is 0 Å². The maximum atomic E-state index is 9.48. The zero-order chi connectivity index (χ0) is 12.7. The summed E-state index contributed by atoms with van der Waals surface area (Å²) < 4.78 is 7.24. The summed E-state index contributed by atoms with van der Waals surface area (Å²) in [6, 6.07) is 0. The fraction of sp³-hybridized carbons (Fsp3) is 0.357. The molecule has 0 fully saturated rings. The van der Waals surface area contributed by atoms with Gasteiger partial charge in [-0.2, -0.15) is 5.10 Å². The molecule has 94 valence electrons. The maximum Gasteiger partial charge on any atom is 0.126 e. The van der Waals surface area contributed by atoms with E-state index in [-0.39, 0.29) is 0 Å². The molecular formula is C14H16N2O2. The molecule has 1 aromatic heterocycles. The number of ether oxygens (including phenoxy) is 1. The zero-order valence-electron chi connectivity index (χ0n) is 10.6. The van der Waals surface area contributed by atoms with Gasteiger partial charge in [-0.3, -0.25) is 4.68 Å². The number of methoxy groups -OCH3 is 1. The monoisotopic (exact) mass is 244 g/mol. The molecule has 0 spiro atoms. The predicted octanol–water partition coefficient (Wildman–Crippen LogP) is 0.0691. The highest BCUT2D eigenvalue weighted by molar-refractivity contribution is 5.84. The van der Waals surface area contributed by atoms with E-state index >= 15 is 0 Å². The number of aliphatic hydroxyl groups is 1. The van der Waals surface area contributed by atoms with Gasteiger partial charge in [0.2, 0.25) is 0 Å². The molecule has 1 N–H and O–H groups in total. The van der Waals surface area contributed by atoms with Crippen molar-refractivity contribution in [2.24, 2.45) is 0 Å². The first-order valence-electron chi connectivity index (χ1n) is 6.10. The van der Waals surface area contributed by atoms with Crippen LogP contribution in [0.4, 0.5) is 0 Å². The van der Waals surface area contributed by atoms with Crippen molar-refractivity contribution in [3.63, 3.8) is 0 Å². The quantitative estimate of drug-likeness (QED) is 0.818. The summed E-state index contributed by atoms with van der Waals surface area (Å²) in [5, 5.41) is 16.0. The van der Waals surface area contributed by atoms with Crippen LogP contribution in [0.15, 0.2) is 29.7 Å². The molecule has 1 heterocycles. The number of hydrogen-bond donors (Lipinski definition) is 1. The molecule has 0 aromatic carbocycles. The third-order valence-electron chi connectivity index (χ3n) is 3.33. The van der Waals surface area contributed by atoms with E-state index < -0.39 is 6.10 Å². The lowest BCUT2D eigenvalue weighted by Gasteiger charge is -2.12. The predicted molar refractivity (Wildman–Crippen MR) is 68.8 cm³/mol. The van der Waals surface area contributed by atoms with E-state index in [2.05, 4.69) is 17.3 Å². The van der Waals surface area contributed by atoms with Crippen LogP contribution in [0, 0.1) is 0 Å². The molecule has 2 aliphatic carbocycles. The molecule has 0 amide bonds. The normalized spacial score (nSPS) is 18.5. The average molecular weight is 244 g/mol. The minimum absolute atomic E-state index is 0.399. The second-order valence-corrected chi connectivity index (χ2v) is 4.69. The number of fused-ring (bicyclic) bond motifs is 2. The minimum Gasteiger partial charge on any atom is -0.496 e. The van der Waals surface area contributed by atoms with Crippen LogP contribution < -0.4 is 10.6 Å². The molecule has 4 heteroatoms. The van der Waals surface area contributed by atoms with Crippen molar-refractivity contribution in [3.05, 3.63) is 40.2 Å². The fourth-order valence-corrected chi connectivity index (χ4v) is 2.54. The Balaban J connectivity index is 2.18. The molecule has 1 aromatic rings. The summed E-state index contributed by atoms with van der Waals surface area (Å²) in [4.78, 5) is 0. The van der Waals surface area contributed by atoms with Gasteiger partial charge in [-0.25, -0.2) is 0 Å². The van der Waals surface area contributed by atoms with Crippen molar-refractivity contribution in [2.45, 2.75) is 26.0 Å². The molecule has 0 bridgehead atoms. The van der Waals surface area contributed by atoms with Gasteiger partial charge in [0, 0.05) is 10.8 Å². The number of allylic oxidation sites excluding steroid dienone is 3. The Bertz CT molecular complexity index is 662. The summed E-state index contributed by atoms with van der Waals surface area (Å²) in [5.74, 6) is 0.899. The number of aliphatic hydroxyl groups excluding tert-OH is 1. The molecule has 4 nitrogen and oxygen atoms in total. The van der Waals surface area contributed by atoms with Crippen molar-refractivity contribution in [2.75, 3.05) is 7.11 Å². The van der Waals surface area contributed by atoms with Crippen LogP contribution >= 0.6 is 0 Å². The fourth-order valence-electron chi connectivity index (χ4n) is 2.54. The molecule has 0 radical (unpaired) electrons. The van der Waals surface area contributed by atoms with Crippen LogP contribution in [0.5, 0.6) is 0 Å². The molecule has 2 aliphatic rings. The highest BCUT2D eigenvalue weighted by atomic mass is 16.5. The highest BCUT2D eigenvalue weighted by Crippen LogP contribution is 2.27. The van der Waals surface area contributed by atoms with Gasteiger partial charge in [0.15, 0.2) is 0 Å². The second-order valence-electron chi connectivity index (χ2n) is 4.69. The maximum absolute atomic E-state index is 9.48. The second kappa shape index (κ2) is 4.14. The van der Waals surface area contributed by atoms with Crippen molar-refractivity contribution in [1.82, 2.24) is 9.78 Å². The summed E-state index contributed by atoms with van der Waals surface area (Å²) >= 11 is 0. The van der Waals surface area contributed by atoms with Gasteiger partial charge in [-0.1, -0.05) is 6.08 Å². The van der Waals surface area contributed by atoms with E-state index in [9.17, 15) is 5.11 Å². The molecule has 0 saturated heterocycles. The van der Waals surface area contributed by atoms with E-state index in [0.717, 1.165) is 28.3 Å². The van der Waals surface area contributed by atoms with Gasteiger partial charge >= 0.3 is 0 Å². The Kier molecular flexibility index (Phi) is 2.59. The lowest BCUT2D eigenvalue weighted by molar-refractivity contribution is 0.167. The van der Waals surface area contributed by atoms with Gasteiger partial charge in [0.05, 0.1) is 31.3 Å². The first-order valence-corrected chi connectivity index (χ1v) is 6.10. The number of hydrogen-bond acceptors (Lipinski definition) is 3. The Hall–Kier alpha value is -1.81. The average Bonchev–Trinajstić information content (AvgIpc) is 2.88. The smallest absolute Gasteiger partial charge is 0.126 e. The van der Waals surface area contributed by atoms with Crippen LogP contribution in [0.3, 0.4) is 0 Å². The summed E-state index contributed by atoms with van der Waals surface area (Å²) in [5.41, 5.74) is 2.41. The van der Waals surface area contributed by atoms with E-state index in [1.807, 2.05) is 17.0 Å². The minimum atomic E-state index is -0.399.